The minimum absolute atomic E-state index is 0.213. The number of aryl methyl sites for hydroxylation is 1. The van der Waals surface area contributed by atoms with Gasteiger partial charge in [-0.25, -0.2) is 18.7 Å². The molecule has 2 N–H and O–H groups in total. The Morgan fingerprint density at radius 1 is 1.10 bits per heavy atom. The van der Waals surface area contributed by atoms with Crippen LogP contribution in [0.3, 0.4) is 0 Å². The summed E-state index contributed by atoms with van der Waals surface area (Å²) >= 11 is 7.73. The van der Waals surface area contributed by atoms with E-state index in [0.29, 0.717) is 40.8 Å². The molecule has 8 heteroatoms. The van der Waals surface area contributed by atoms with Crippen molar-refractivity contribution in [3.05, 3.63) is 70.5 Å². The van der Waals surface area contributed by atoms with Crippen LogP contribution in [0.4, 0.5) is 14.6 Å². The molecule has 3 rings (SSSR count). The molecule has 0 aliphatic carbocycles. The number of nitrogen functional groups attached to an aromatic ring is 1. The Hall–Kier alpha value is -2.38. The zero-order valence-corrected chi connectivity index (χ0v) is 18.1. The Kier molecular flexibility index (Phi) is 7.87. The second-order valence-corrected chi connectivity index (χ2v) is 8.02. The first-order chi connectivity index (χ1) is 14.5. The van der Waals surface area contributed by atoms with Gasteiger partial charge in [0.05, 0.1) is 12.8 Å². The number of unbranched alkanes of at least 4 members (excludes halogenated alkanes) is 1. The standard InChI is InChI=1S/C22H22ClF2N3OS/c1-30-13-14-8-20(23)28-22(9-14)29-7-3-2-4-15-10-16(24)5-6-17(15)18-11-21(26)27-12-19(18)25/h5-6,8-12H,2-4,7,13H2,1H3,(H2,26,27). The number of hydrogen-bond acceptors (Lipinski definition) is 5. The molecular weight excluding hydrogens is 428 g/mol. The zero-order valence-electron chi connectivity index (χ0n) is 16.5. The molecule has 2 heterocycles. The first-order valence-corrected chi connectivity index (χ1v) is 11.2. The average molecular weight is 450 g/mol. The second-order valence-electron chi connectivity index (χ2n) is 6.77. The Morgan fingerprint density at radius 2 is 1.93 bits per heavy atom. The summed E-state index contributed by atoms with van der Waals surface area (Å²) in [5.74, 6) is 0.680. The maximum atomic E-state index is 14.2. The van der Waals surface area contributed by atoms with Gasteiger partial charge in [-0.05, 0) is 66.5 Å². The van der Waals surface area contributed by atoms with E-state index in [1.807, 2.05) is 18.4 Å². The summed E-state index contributed by atoms with van der Waals surface area (Å²) in [5, 5.41) is 0.402. The van der Waals surface area contributed by atoms with Crippen LogP contribution in [0.25, 0.3) is 11.1 Å². The Labute approximate surface area is 183 Å². The van der Waals surface area contributed by atoms with Gasteiger partial charge in [-0.2, -0.15) is 11.8 Å². The van der Waals surface area contributed by atoms with Crippen molar-refractivity contribution in [3.63, 3.8) is 0 Å². The van der Waals surface area contributed by atoms with E-state index in [0.717, 1.165) is 30.4 Å². The van der Waals surface area contributed by atoms with Crippen LogP contribution < -0.4 is 10.5 Å². The third kappa shape index (κ3) is 6.06. The van der Waals surface area contributed by atoms with Crippen LogP contribution in [0.15, 0.2) is 42.6 Å². The molecule has 0 aliphatic heterocycles. The first-order valence-electron chi connectivity index (χ1n) is 9.44. The Morgan fingerprint density at radius 3 is 2.73 bits per heavy atom. The molecule has 0 saturated heterocycles. The highest BCUT2D eigenvalue weighted by Crippen LogP contribution is 2.29. The van der Waals surface area contributed by atoms with Gasteiger partial charge in [0.15, 0.2) is 0 Å². The molecule has 0 fully saturated rings. The fourth-order valence-electron chi connectivity index (χ4n) is 3.13. The van der Waals surface area contributed by atoms with Gasteiger partial charge in [0, 0.05) is 17.4 Å². The maximum Gasteiger partial charge on any atom is 0.214 e. The van der Waals surface area contributed by atoms with Crippen molar-refractivity contribution in [2.45, 2.75) is 25.0 Å². The zero-order chi connectivity index (χ0) is 21.5. The predicted molar refractivity (Wildman–Crippen MR) is 119 cm³/mol. The normalized spacial score (nSPS) is 10.9. The van der Waals surface area contributed by atoms with Gasteiger partial charge in [0.1, 0.15) is 22.6 Å². The van der Waals surface area contributed by atoms with E-state index in [-0.39, 0.29) is 11.6 Å². The summed E-state index contributed by atoms with van der Waals surface area (Å²) < 4.78 is 33.8. The van der Waals surface area contributed by atoms with E-state index in [9.17, 15) is 8.78 Å². The van der Waals surface area contributed by atoms with Crippen molar-refractivity contribution < 1.29 is 13.5 Å². The van der Waals surface area contributed by atoms with E-state index >= 15 is 0 Å². The fourth-order valence-corrected chi connectivity index (χ4v) is 3.86. The van der Waals surface area contributed by atoms with E-state index in [1.165, 1.54) is 18.2 Å². The van der Waals surface area contributed by atoms with Crippen LogP contribution in [-0.2, 0) is 12.2 Å². The third-order valence-corrected chi connectivity index (χ3v) is 5.28. The first kappa shape index (κ1) is 22.3. The number of hydrogen-bond donors (Lipinski definition) is 1. The maximum absolute atomic E-state index is 14.2. The Balaban J connectivity index is 1.62. The summed E-state index contributed by atoms with van der Waals surface area (Å²) in [7, 11) is 0. The number of benzene rings is 1. The van der Waals surface area contributed by atoms with Gasteiger partial charge >= 0.3 is 0 Å². The number of nitrogens with zero attached hydrogens (tertiary/aromatic N) is 2. The molecule has 0 bridgehead atoms. The van der Waals surface area contributed by atoms with Crippen LogP contribution in [0, 0.1) is 11.6 Å². The van der Waals surface area contributed by atoms with Crippen molar-refractivity contribution in [2.24, 2.45) is 0 Å². The molecule has 0 amide bonds. The average Bonchev–Trinajstić information content (AvgIpc) is 2.70. The molecule has 0 atom stereocenters. The molecule has 4 nitrogen and oxygen atoms in total. The van der Waals surface area contributed by atoms with Crippen molar-refractivity contribution in [1.82, 2.24) is 9.97 Å². The van der Waals surface area contributed by atoms with Crippen molar-refractivity contribution in [3.8, 4) is 17.0 Å². The van der Waals surface area contributed by atoms with Gasteiger partial charge in [-0.3, -0.25) is 0 Å². The number of nitrogens with two attached hydrogens (primary N) is 1. The van der Waals surface area contributed by atoms with Gasteiger partial charge in [-0.1, -0.05) is 17.7 Å². The van der Waals surface area contributed by atoms with Gasteiger partial charge in [-0.15, -0.1) is 0 Å². The van der Waals surface area contributed by atoms with Gasteiger partial charge in [0.2, 0.25) is 5.88 Å². The van der Waals surface area contributed by atoms with Gasteiger partial charge in [0.25, 0.3) is 0 Å². The predicted octanol–water partition coefficient (Wildman–Crippen LogP) is 5.92. The Bertz CT molecular complexity index is 1020. The largest absolute Gasteiger partial charge is 0.478 e. The summed E-state index contributed by atoms with van der Waals surface area (Å²) in [5.41, 5.74) is 8.39. The highest BCUT2D eigenvalue weighted by atomic mass is 35.5. The molecule has 0 saturated carbocycles. The molecule has 158 valence electrons. The number of ether oxygens (including phenoxy) is 1. The summed E-state index contributed by atoms with van der Waals surface area (Å²) in [6.45, 7) is 0.452. The molecule has 0 spiro atoms. The molecule has 0 aliphatic rings. The monoisotopic (exact) mass is 449 g/mol. The molecule has 2 aromatic heterocycles. The number of anilines is 1. The van der Waals surface area contributed by atoms with Crippen molar-refractivity contribution in [2.75, 3.05) is 18.6 Å². The lowest BCUT2D eigenvalue weighted by molar-refractivity contribution is 0.295. The topological polar surface area (TPSA) is 61.0 Å². The molecule has 0 unspecified atom stereocenters. The van der Waals surface area contributed by atoms with E-state index < -0.39 is 5.82 Å². The molecule has 30 heavy (non-hydrogen) atoms. The molecule has 3 aromatic rings. The smallest absolute Gasteiger partial charge is 0.214 e. The van der Waals surface area contributed by atoms with E-state index in [2.05, 4.69) is 9.97 Å². The number of pyridine rings is 2. The highest BCUT2D eigenvalue weighted by molar-refractivity contribution is 7.97. The minimum Gasteiger partial charge on any atom is -0.478 e. The van der Waals surface area contributed by atoms with E-state index in [1.54, 1.807) is 17.8 Å². The lowest BCUT2D eigenvalue weighted by atomic mass is 9.96. The van der Waals surface area contributed by atoms with Crippen LogP contribution in [0.1, 0.15) is 24.0 Å². The second kappa shape index (κ2) is 10.6. The summed E-state index contributed by atoms with van der Waals surface area (Å²) in [6, 6.07) is 9.48. The van der Waals surface area contributed by atoms with Crippen molar-refractivity contribution >= 4 is 29.2 Å². The van der Waals surface area contributed by atoms with E-state index in [4.69, 9.17) is 22.1 Å². The number of thioether (sulfide) groups is 1. The number of rotatable bonds is 9. The quantitative estimate of drug-likeness (QED) is 0.324. The summed E-state index contributed by atoms with van der Waals surface area (Å²) in [6.07, 6.45) is 5.12. The van der Waals surface area contributed by atoms with Crippen LogP contribution >= 0.6 is 23.4 Å². The van der Waals surface area contributed by atoms with Crippen LogP contribution in [0.5, 0.6) is 5.88 Å². The summed E-state index contributed by atoms with van der Waals surface area (Å²) in [4.78, 5) is 7.93. The van der Waals surface area contributed by atoms with Gasteiger partial charge < -0.3 is 10.5 Å². The minimum atomic E-state index is -0.492. The molecule has 1 aromatic carbocycles. The molecular formula is C22H22ClF2N3OS. The lowest BCUT2D eigenvalue weighted by Gasteiger charge is -2.12. The lowest BCUT2D eigenvalue weighted by Crippen LogP contribution is -2.02. The van der Waals surface area contributed by atoms with Crippen LogP contribution in [0.2, 0.25) is 5.15 Å². The van der Waals surface area contributed by atoms with Crippen molar-refractivity contribution in [1.29, 1.82) is 0 Å². The third-order valence-electron chi connectivity index (χ3n) is 4.47. The molecule has 0 radical (unpaired) electrons. The SMILES string of the molecule is CSCc1cc(Cl)nc(OCCCCc2cc(F)ccc2-c2cc(N)ncc2F)c1. The highest BCUT2D eigenvalue weighted by Gasteiger charge is 2.12. The van der Waals surface area contributed by atoms with Crippen LogP contribution in [-0.4, -0.2) is 22.8 Å². The fraction of sp³-hybridized carbons (Fsp3) is 0.273. The number of aromatic nitrogens is 2. The number of halogens is 3.